The van der Waals surface area contributed by atoms with E-state index < -0.39 is 10.2 Å². The van der Waals surface area contributed by atoms with Crippen molar-refractivity contribution < 1.29 is 86.0 Å². The summed E-state index contributed by atoms with van der Waals surface area (Å²) < 4.78 is 0. The Kier molecular flexibility index (Phi) is 256. The molecular formula is C4H16B2N2O6Y2. The minimum atomic E-state index is -1.50. The van der Waals surface area contributed by atoms with E-state index in [0.29, 0.717) is 0 Å². The minimum absolute atomic E-state index is 0. The van der Waals surface area contributed by atoms with Gasteiger partial charge < -0.3 is 10.4 Å². The molecule has 0 rings (SSSR count). The van der Waals surface area contributed by atoms with Crippen LogP contribution in [-0.4, -0.2) is 36.3 Å². The van der Waals surface area contributed by atoms with Gasteiger partial charge in [-0.25, -0.2) is 0 Å². The van der Waals surface area contributed by atoms with Crippen LogP contribution in [0.4, 0.5) is 0 Å². The summed E-state index contributed by atoms with van der Waals surface area (Å²) in [6.07, 6.45) is 0. The second-order valence-corrected chi connectivity index (χ2v) is 0.476. The van der Waals surface area contributed by atoms with E-state index in [1.54, 1.807) is 0 Å². The molecule has 0 heterocycles. The molecule has 0 atom stereocenters. The normalized spacial score (nSPS) is 3.62. The van der Waals surface area contributed by atoms with Crippen molar-refractivity contribution in [2.75, 3.05) is 0 Å². The third-order valence-electron chi connectivity index (χ3n) is 0. The van der Waals surface area contributed by atoms with Crippen molar-refractivity contribution in [1.29, 1.82) is 0 Å². The first kappa shape index (κ1) is 54.3. The maximum absolute atomic E-state index is 8.36. The molecule has 0 aromatic rings. The van der Waals surface area contributed by atoms with Crippen molar-refractivity contribution in [2.45, 2.75) is 28.5 Å². The van der Waals surface area contributed by atoms with Crippen molar-refractivity contribution in [3.8, 4) is 0 Å². The summed E-state index contributed by atoms with van der Waals surface area (Å²) in [5, 5.41) is 27.3. The monoisotopic (exact) mass is 388 g/mol. The molecule has 0 amide bonds. The number of rotatable bonds is 0. The van der Waals surface area contributed by atoms with E-state index in [0.717, 1.165) is 0 Å². The summed E-state index contributed by atoms with van der Waals surface area (Å²) in [6.45, 7) is 3.00. The van der Waals surface area contributed by atoms with Crippen LogP contribution in [0.3, 0.4) is 0 Å². The molecule has 2 N–H and O–H groups in total. The maximum Gasteiger partial charge on any atom is 0.291 e. The van der Waals surface area contributed by atoms with Gasteiger partial charge in [-0.3, -0.25) is 0 Å². The average Bonchev–Trinajstić information content (AvgIpc) is 1.93. The topological polar surface area (TPSA) is 127 Å². The van der Waals surface area contributed by atoms with E-state index in [2.05, 4.69) is 15.7 Å². The first-order valence-electron chi connectivity index (χ1n) is 2.28. The van der Waals surface area contributed by atoms with Crippen LogP contribution in [0.2, 0.25) is 13.6 Å². The Morgan fingerprint density at radius 3 is 0.812 bits per heavy atom. The van der Waals surface area contributed by atoms with Gasteiger partial charge in [0.05, 0.1) is 15.7 Å². The summed E-state index contributed by atoms with van der Waals surface area (Å²) in [4.78, 5) is 16.7. The summed E-state index contributed by atoms with van der Waals surface area (Å²) >= 11 is 0. The third-order valence-corrected chi connectivity index (χ3v) is 0. The minimum Gasteiger partial charge on any atom is -0.328 e. The van der Waals surface area contributed by atoms with Crippen LogP contribution >= 0.6 is 0 Å². The van der Waals surface area contributed by atoms with E-state index in [1.807, 2.05) is 0 Å². The van der Waals surface area contributed by atoms with Crippen molar-refractivity contribution in [3.63, 3.8) is 0 Å². The summed E-state index contributed by atoms with van der Waals surface area (Å²) in [5.41, 5.74) is 0. The molecule has 0 saturated heterocycles. The van der Waals surface area contributed by atoms with Crippen LogP contribution in [0.1, 0.15) is 14.9 Å². The molecule has 90 valence electrons. The molecule has 16 heavy (non-hydrogen) atoms. The molecule has 0 aliphatic rings. The smallest absolute Gasteiger partial charge is 0.291 e. The zero-order valence-corrected chi connectivity index (χ0v) is 13.4. The summed E-state index contributed by atoms with van der Waals surface area (Å²) in [5.74, 6) is 0. The number of hydrogen-bond acceptors (Lipinski definition) is 4. The van der Waals surface area contributed by atoms with Crippen LogP contribution < -0.4 is 0 Å². The van der Waals surface area contributed by atoms with Gasteiger partial charge in [-0.15, -0.1) is 20.2 Å². The molecule has 12 heteroatoms. The van der Waals surface area contributed by atoms with Gasteiger partial charge in [-0.2, -0.15) is 0 Å². The molecule has 8 nitrogen and oxygen atoms in total. The number of hydrogen-bond donors (Lipinski definition) is 2. The first-order valence-corrected chi connectivity index (χ1v) is 2.28. The van der Waals surface area contributed by atoms with Crippen LogP contribution in [0.25, 0.3) is 0 Å². The molecule has 0 aromatic heterocycles. The Labute approximate surface area is 149 Å². The van der Waals surface area contributed by atoms with Gasteiger partial charge >= 0.3 is 0 Å². The van der Waals surface area contributed by atoms with Crippen molar-refractivity contribution in [3.05, 3.63) is 20.2 Å². The van der Waals surface area contributed by atoms with Gasteiger partial charge in [0.15, 0.2) is 0 Å². The van der Waals surface area contributed by atoms with Gasteiger partial charge in [0.2, 0.25) is 0 Å². The molecular weight excluding hydrogens is 371 g/mol. The molecule has 0 fully saturated rings. The Bertz CT molecular complexity index is 92.5. The zero-order valence-electron chi connectivity index (χ0n) is 7.73. The van der Waals surface area contributed by atoms with E-state index in [9.17, 15) is 0 Å². The van der Waals surface area contributed by atoms with Crippen LogP contribution in [0.5, 0.6) is 0 Å². The van der Waals surface area contributed by atoms with Gasteiger partial charge in [0.25, 0.3) is 10.2 Å². The predicted octanol–water partition coefficient (Wildman–Crippen LogP) is 0.978. The van der Waals surface area contributed by atoms with Crippen LogP contribution in [0, 0.1) is 20.2 Å². The Morgan fingerprint density at radius 2 is 0.812 bits per heavy atom. The molecule has 6 radical (unpaired) electrons. The molecule has 0 aromatic carbocycles. The fraction of sp³-hybridized carbons (Fsp3) is 1.00. The van der Waals surface area contributed by atoms with E-state index in [-0.39, 0.29) is 80.3 Å². The van der Waals surface area contributed by atoms with E-state index in [1.165, 1.54) is 13.6 Å². The maximum atomic E-state index is 8.36. The molecule has 0 unspecified atom stereocenters. The third kappa shape index (κ3) is 5110. The van der Waals surface area contributed by atoms with E-state index in [4.69, 9.17) is 30.6 Å². The summed E-state index contributed by atoms with van der Waals surface area (Å²) in [7, 11) is 9.00. The number of nitrogens with zero attached hydrogens (tertiary/aromatic N) is 2. The largest absolute Gasteiger partial charge is 0.328 e. The zero-order chi connectivity index (χ0) is 11.2. The average molecular weight is 388 g/mol. The molecule has 0 saturated carbocycles. The second kappa shape index (κ2) is 75.3. The fourth-order valence-electron chi connectivity index (χ4n) is 0. The van der Waals surface area contributed by atoms with Crippen molar-refractivity contribution in [2.24, 2.45) is 0 Å². The van der Waals surface area contributed by atoms with Crippen molar-refractivity contribution >= 4 is 15.7 Å². The second-order valence-electron chi connectivity index (χ2n) is 0.476. The summed E-state index contributed by atoms with van der Waals surface area (Å²) in [6, 6.07) is 0. The fourth-order valence-corrected chi connectivity index (χ4v) is 0. The van der Waals surface area contributed by atoms with Crippen LogP contribution in [0.15, 0.2) is 0 Å². The Hall–Kier alpha value is 0.738. The van der Waals surface area contributed by atoms with Crippen molar-refractivity contribution in [1.82, 2.24) is 0 Å². The molecule has 0 bridgehead atoms. The Balaban J connectivity index is -0.00000000857. The van der Waals surface area contributed by atoms with Gasteiger partial charge in [0, 0.05) is 65.4 Å². The molecule has 0 spiro atoms. The standard InChI is InChI=1S/2CH3B.2CH4.2HNO3.2Y/c2*1-2;;;2*2-1(3)4;;/h2*1H3;2*1H4;2*(H,2,3,4);;. The van der Waals surface area contributed by atoms with Crippen LogP contribution in [-0.2, 0) is 65.4 Å². The quantitative estimate of drug-likeness (QED) is 0.362. The van der Waals surface area contributed by atoms with E-state index >= 15 is 0 Å². The Morgan fingerprint density at radius 1 is 0.812 bits per heavy atom. The SMILES string of the molecule is C.C.O=[N+]([O-])O.O=[N+]([O-])O.[B]C.[B]C.[Y].[Y]. The molecule has 0 aliphatic heterocycles. The van der Waals surface area contributed by atoms with Gasteiger partial charge in [-0.1, -0.05) is 28.5 Å². The predicted molar refractivity (Wildman–Crippen MR) is 54.3 cm³/mol. The van der Waals surface area contributed by atoms with Gasteiger partial charge in [-0.05, 0) is 0 Å². The molecule has 0 aliphatic carbocycles. The van der Waals surface area contributed by atoms with Gasteiger partial charge in [0.1, 0.15) is 0 Å². The first-order chi connectivity index (χ1) is 5.46.